The Kier molecular flexibility index (Phi) is 4.57. The van der Waals surface area contributed by atoms with Crippen LogP contribution in [0.2, 0.25) is 0 Å². The van der Waals surface area contributed by atoms with Crippen LogP contribution < -0.4 is 15.5 Å². The number of rotatable bonds is 6. The summed E-state index contributed by atoms with van der Waals surface area (Å²) in [5.41, 5.74) is -0.484. The van der Waals surface area contributed by atoms with Crippen LogP contribution in [-0.4, -0.2) is 38.0 Å². The van der Waals surface area contributed by atoms with Gasteiger partial charge in [-0.1, -0.05) is 0 Å². The molecule has 4 bridgehead atoms. The number of carbonyl (C=O) groups excluding carboxylic acids is 2. The first-order chi connectivity index (χ1) is 12.8. The minimum absolute atomic E-state index is 0.0293. The molecule has 4 aliphatic rings. The fraction of sp³-hybridized carbons (Fsp3) is 0.714. The Labute approximate surface area is 161 Å². The molecule has 5 rings (SSSR count). The highest BCUT2D eigenvalue weighted by Crippen LogP contribution is 2.61. The molecular formula is C21H32N3O3+. The number of nitrogens with one attached hydrogen (secondary N) is 3. The average Bonchev–Trinajstić information content (AvgIpc) is 3.06. The zero-order valence-electron chi connectivity index (χ0n) is 16.6. The van der Waals surface area contributed by atoms with E-state index in [1.807, 2.05) is 12.1 Å². The summed E-state index contributed by atoms with van der Waals surface area (Å²) in [5, 5.41) is 6.48. The molecule has 148 valence electrons. The average molecular weight is 375 g/mol. The quantitative estimate of drug-likeness (QED) is 0.697. The Hall–Kier alpha value is -1.82. The lowest BCUT2D eigenvalue weighted by molar-refractivity contribution is -0.892. The van der Waals surface area contributed by atoms with E-state index in [0.717, 1.165) is 37.9 Å². The molecule has 2 amide bonds. The maximum atomic E-state index is 13.4. The summed E-state index contributed by atoms with van der Waals surface area (Å²) in [7, 11) is 4.16. The van der Waals surface area contributed by atoms with Gasteiger partial charge in [0.05, 0.1) is 32.3 Å². The minimum atomic E-state index is -0.318. The van der Waals surface area contributed by atoms with Crippen LogP contribution in [0.15, 0.2) is 22.8 Å². The van der Waals surface area contributed by atoms with E-state index in [1.54, 1.807) is 13.2 Å². The van der Waals surface area contributed by atoms with Crippen molar-refractivity contribution in [3.8, 4) is 0 Å². The molecule has 0 aromatic carbocycles. The highest BCUT2D eigenvalue weighted by Gasteiger charge is 2.60. The van der Waals surface area contributed by atoms with Crippen molar-refractivity contribution in [3.63, 3.8) is 0 Å². The van der Waals surface area contributed by atoms with Crippen LogP contribution >= 0.6 is 0 Å². The lowest BCUT2D eigenvalue weighted by Crippen LogP contribution is -3.07. The largest absolute Gasteiger partial charge is 0.463 e. The molecule has 0 radical (unpaired) electrons. The molecule has 1 heterocycles. The van der Waals surface area contributed by atoms with Gasteiger partial charge in [-0.2, -0.15) is 0 Å². The topological polar surface area (TPSA) is 75.8 Å². The van der Waals surface area contributed by atoms with E-state index in [0.29, 0.717) is 18.4 Å². The van der Waals surface area contributed by atoms with Crippen LogP contribution in [-0.2, 0) is 9.59 Å². The molecule has 0 spiro atoms. The maximum absolute atomic E-state index is 13.4. The Morgan fingerprint density at radius 2 is 1.96 bits per heavy atom. The van der Waals surface area contributed by atoms with Crippen LogP contribution in [0.3, 0.4) is 0 Å². The molecule has 3 N–H and O–H groups in total. The number of hydrogen-bond acceptors (Lipinski definition) is 3. The van der Waals surface area contributed by atoms with Gasteiger partial charge < -0.3 is 20.0 Å². The zero-order chi connectivity index (χ0) is 19.2. The number of likely N-dealkylation sites (N-methyl/N-ethyl adjacent to an activating group) is 1. The third kappa shape index (κ3) is 3.40. The highest BCUT2D eigenvalue weighted by atomic mass is 16.3. The van der Waals surface area contributed by atoms with E-state index in [-0.39, 0.29) is 28.8 Å². The normalized spacial score (nSPS) is 35.3. The van der Waals surface area contributed by atoms with Gasteiger partial charge in [0, 0.05) is 12.5 Å². The van der Waals surface area contributed by atoms with E-state index < -0.39 is 0 Å². The van der Waals surface area contributed by atoms with Crippen molar-refractivity contribution in [2.45, 2.75) is 57.0 Å². The second-order valence-electron chi connectivity index (χ2n) is 9.56. The van der Waals surface area contributed by atoms with Crippen molar-refractivity contribution in [2.75, 3.05) is 20.6 Å². The molecule has 2 unspecified atom stereocenters. The Morgan fingerprint density at radius 3 is 2.52 bits per heavy atom. The smallest absolute Gasteiger partial charge is 0.226 e. The highest BCUT2D eigenvalue weighted by molar-refractivity contribution is 5.84. The number of furan rings is 1. The van der Waals surface area contributed by atoms with Gasteiger partial charge in [-0.3, -0.25) is 9.59 Å². The first-order valence-corrected chi connectivity index (χ1v) is 10.2. The standard InChI is InChI=1S/C21H31N3O3/c1-14(25)23-21-10-15-7-16(11-21)9-20(8-15,13-21)19(26)22-12-17(24(2)3)18-5-4-6-27-18/h4-6,15-17H,7-13H2,1-3H3,(H,22,26)(H,23,25)/p+1/t15-,16+,17-,20?,21?/m0/s1. The fourth-order valence-corrected chi connectivity index (χ4v) is 6.51. The van der Waals surface area contributed by atoms with Crippen molar-refractivity contribution < 1.29 is 18.9 Å². The van der Waals surface area contributed by atoms with E-state index in [9.17, 15) is 9.59 Å². The monoisotopic (exact) mass is 374 g/mol. The maximum Gasteiger partial charge on any atom is 0.226 e. The van der Waals surface area contributed by atoms with Crippen molar-refractivity contribution >= 4 is 11.8 Å². The molecule has 6 heteroatoms. The van der Waals surface area contributed by atoms with Crippen molar-refractivity contribution in [1.29, 1.82) is 0 Å². The molecule has 1 aromatic heterocycles. The first-order valence-electron chi connectivity index (χ1n) is 10.2. The van der Waals surface area contributed by atoms with E-state index in [2.05, 4.69) is 24.7 Å². The summed E-state index contributed by atoms with van der Waals surface area (Å²) >= 11 is 0. The van der Waals surface area contributed by atoms with Gasteiger partial charge in [0.15, 0.2) is 11.8 Å². The summed E-state index contributed by atoms with van der Waals surface area (Å²) < 4.78 is 5.58. The van der Waals surface area contributed by atoms with E-state index >= 15 is 0 Å². The molecule has 0 saturated heterocycles. The summed E-state index contributed by atoms with van der Waals surface area (Å²) in [4.78, 5) is 26.4. The zero-order valence-corrected chi connectivity index (χ0v) is 16.6. The van der Waals surface area contributed by atoms with Crippen LogP contribution in [0.1, 0.15) is 57.3 Å². The third-order valence-corrected chi connectivity index (χ3v) is 7.03. The van der Waals surface area contributed by atoms with Gasteiger partial charge in [-0.25, -0.2) is 0 Å². The predicted molar refractivity (Wildman–Crippen MR) is 101 cm³/mol. The molecule has 1 aromatic rings. The van der Waals surface area contributed by atoms with Crippen LogP contribution in [0, 0.1) is 17.3 Å². The van der Waals surface area contributed by atoms with E-state index in [1.165, 1.54) is 11.3 Å². The number of quaternary nitrogens is 1. The van der Waals surface area contributed by atoms with Gasteiger partial charge in [-0.05, 0) is 62.5 Å². The van der Waals surface area contributed by atoms with Gasteiger partial charge >= 0.3 is 0 Å². The first kappa shape index (κ1) is 18.5. The van der Waals surface area contributed by atoms with Crippen molar-refractivity contribution in [1.82, 2.24) is 10.6 Å². The Bertz CT molecular complexity index is 698. The summed E-state index contributed by atoms with van der Waals surface area (Å²) in [6.07, 6.45) is 7.70. The lowest BCUT2D eigenvalue weighted by Gasteiger charge is -2.61. The number of carbonyl (C=O) groups is 2. The second kappa shape index (κ2) is 6.66. The van der Waals surface area contributed by atoms with Crippen molar-refractivity contribution in [3.05, 3.63) is 24.2 Å². The number of amides is 2. The fourth-order valence-electron chi connectivity index (χ4n) is 6.51. The van der Waals surface area contributed by atoms with Crippen LogP contribution in [0.4, 0.5) is 0 Å². The molecule has 27 heavy (non-hydrogen) atoms. The summed E-state index contributed by atoms with van der Waals surface area (Å²) in [5.74, 6) is 2.22. The van der Waals surface area contributed by atoms with Crippen LogP contribution in [0.25, 0.3) is 0 Å². The summed E-state index contributed by atoms with van der Waals surface area (Å²) in [6.45, 7) is 2.16. The number of hydrogen-bond donors (Lipinski definition) is 3. The Morgan fingerprint density at radius 1 is 1.26 bits per heavy atom. The molecule has 0 aliphatic heterocycles. The summed E-state index contributed by atoms with van der Waals surface area (Å²) in [6, 6.07) is 3.96. The van der Waals surface area contributed by atoms with Gasteiger partial charge in [0.1, 0.15) is 0 Å². The predicted octanol–water partition coefficient (Wildman–Crippen LogP) is 1.06. The molecule has 4 fully saturated rings. The molecule has 4 saturated carbocycles. The van der Waals surface area contributed by atoms with Gasteiger partial charge in [0.2, 0.25) is 11.8 Å². The lowest BCUT2D eigenvalue weighted by atomic mass is 9.46. The second-order valence-corrected chi connectivity index (χ2v) is 9.56. The Balaban J connectivity index is 1.49. The third-order valence-electron chi connectivity index (χ3n) is 7.03. The molecular weight excluding hydrogens is 342 g/mol. The SMILES string of the molecule is CC(=O)NC12C[C@H]3C[C@@H](C1)CC(C(=O)NC[C@@H](c1ccco1)[NH+](C)C)(C3)C2. The van der Waals surface area contributed by atoms with Gasteiger partial charge in [0.25, 0.3) is 0 Å². The van der Waals surface area contributed by atoms with E-state index in [4.69, 9.17) is 4.42 Å². The molecule has 5 atom stereocenters. The molecule has 4 aliphatic carbocycles. The molecule has 6 nitrogen and oxygen atoms in total. The minimum Gasteiger partial charge on any atom is -0.463 e. The van der Waals surface area contributed by atoms with Crippen molar-refractivity contribution in [2.24, 2.45) is 17.3 Å². The van der Waals surface area contributed by atoms with Gasteiger partial charge in [-0.15, -0.1) is 0 Å². The van der Waals surface area contributed by atoms with Crippen LogP contribution in [0.5, 0.6) is 0 Å².